The summed E-state index contributed by atoms with van der Waals surface area (Å²) in [6, 6.07) is 8.70. The van der Waals surface area contributed by atoms with E-state index in [0.717, 1.165) is 36.6 Å². The Kier molecular flexibility index (Phi) is 5.59. The Balaban J connectivity index is 1.65. The molecule has 0 unspecified atom stereocenters. The van der Waals surface area contributed by atoms with Gasteiger partial charge in [0.2, 0.25) is 0 Å². The van der Waals surface area contributed by atoms with Crippen molar-refractivity contribution in [3.63, 3.8) is 0 Å². The first kappa shape index (κ1) is 20.2. The average molecular weight is 410 g/mol. The van der Waals surface area contributed by atoms with Crippen LogP contribution in [0.4, 0.5) is 5.69 Å². The Morgan fingerprint density at radius 3 is 2.83 bits per heavy atom. The number of carbonyl (C=O) groups is 1. The van der Waals surface area contributed by atoms with Crippen LogP contribution in [0.5, 0.6) is 5.75 Å². The molecule has 0 atom stereocenters. The molecule has 0 aliphatic heterocycles. The molecule has 1 fully saturated rings. The molecule has 8 heteroatoms. The van der Waals surface area contributed by atoms with Crippen LogP contribution in [0.25, 0.3) is 10.9 Å². The number of carbonyl (C=O) groups excluding carboxylic acids is 1. The molecule has 2 aromatic heterocycles. The minimum atomic E-state index is -0.498. The van der Waals surface area contributed by atoms with E-state index in [1.807, 2.05) is 29.9 Å². The summed E-state index contributed by atoms with van der Waals surface area (Å²) in [5.74, 6) is 0.00966. The van der Waals surface area contributed by atoms with E-state index in [1.54, 1.807) is 19.1 Å². The zero-order chi connectivity index (χ0) is 21.3. The van der Waals surface area contributed by atoms with Crippen LogP contribution in [0.2, 0.25) is 0 Å². The van der Waals surface area contributed by atoms with E-state index in [1.165, 1.54) is 6.07 Å². The fourth-order valence-electron chi connectivity index (χ4n) is 3.91. The molecule has 3 aromatic rings. The molecule has 2 N–H and O–H groups in total. The average Bonchev–Trinajstić information content (AvgIpc) is 3.13. The molecule has 0 bridgehead atoms. The number of pyridine rings is 1. The van der Waals surface area contributed by atoms with Crippen molar-refractivity contribution in [1.82, 2.24) is 9.78 Å². The van der Waals surface area contributed by atoms with Crippen molar-refractivity contribution in [1.29, 1.82) is 0 Å². The van der Waals surface area contributed by atoms with Gasteiger partial charge >= 0.3 is 5.91 Å². The predicted octanol–water partition coefficient (Wildman–Crippen LogP) is 3.11. The Morgan fingerprint density at radius 1 is 1.33 bits per heavy atom. The predicted molar refractivity (Wildman–Crippen MR) is 113 cm³/mol. The molecule has 0 radical (unpaired) electrons. The van der Waals surface area contributed by atoms with E-state index < -0.39 is 5.91 Å². The van der Waals surface area contributed by atoms with Crippen LogP contribution in [-0.4, -0.2) is 33.5 Å². The summed E-state index contributed by atoms with van der Waals surface area (Å²) >= 11 is 0. The lowest BCUT2D eigenvalue weighted by Crippen LogP contribution is -2.39. The quantitative estimate of drug-likeness (QED) is 0.497. The van der Waals surface area contributed by atoms with Gasteiger partial charge in [0.1, 0.15) is 5.75 Å². The van der Waals surface area contributed by atoms with Crippen molar-refractivity contribution in [2.24, 2.45) is 0 Å². The molecule has 1 aromatic carbocycles. The van der Waals surface area contributed by atoms with E-state index in [0.29, 0.717) is 28.5 Å². The number of aryl methyl sites for hydroxylation is 1. The summed E-state index contributed by atoms with van der Waals surface area (Å²) in [6.45, 7) is 3.95. The molecule has 30 heavy (non-hydrogen) atoms. The van der Waals surface area contributed by atoms with Crippen LogP contribution in [0, 0.1) is 12.1 Å². The zero-order valence-electron chi connectivity index (χ0n) is 17.2. The van der Waals surface area contributed by atoms with Crippen LogP contribution in [-0.2, 0) is 0 Å². The fourth-order valence-corrected chi connectivity index (χ4v) is 3.91. The fraction of sp³-hybridized carbons (Fsp3) is 0.409. The van der Waals surface area contributed by atoms with Crippen LogP contribution in [0.3, 0.4) is 0 Å². The number of aliphatic hydroxyl groups is 1. The highest BCUT2D eigenvalue weighted by atomic mass is 16.5. The van der Waals surface area contributed by atoms with Gasteiger partial charge in [-0.1, -0.05) is 0 Å². The van der Waals surface area contributed by atoms with Crippen molar-refractivity contribution in [3.05, 3.63) is 53.1 Å². The maximum Gasteiger partial charge on any atom is 0.321 e. The second-order valence-electron chi connectivity index (χ2n) is 7.71. The molecule has 1 amide bonds. The summed E-state index contributed by atoms with van der Waals surface area (Å²) < 4.78 is 8.29. The van der Waals surface area contributed by atoms with Crippen LogP contribution >= 0.6 is 0 Å². The topological polar surface area (TPSA) is 103 Å². The van der Waals surface area contributed by atoms with E-state index in [2.05, 4.69) is 5.32 Å². The van der Waals surface area contributed by atoms with E-state index in [4.69, 9.17) is 9.84 Å². The lowest BCUT2D eigenvalue weighted by molar-refractivity contribution is -0.614. The Hall–Kier alpha value is -3.13. The van der Waals surface area contributed by atoms with Crippen molar-refractivity contribution in [2.45, 2.75) is 51.7 Å². The van der Waals surface area contributed by atoms with Crippen molar-refractivity contribution in [3.8, 4) is 5.75 Å². The molecule has 8 nitrogen and oxygen atoms in total. The van der Waals surface area contributed by atoms with Gasteiger partial charge in [-0.25, -0.2) is 0 Å². The Bertz CT molecular complexity index is 1070. The van der Waals surface area contributed by atoms with Gasteiger partial charge in [0.05, 0.1) is 30.0 Å². The lowest BCUT2D eigenvalue weighted by Gasteiger charge is -2.25. The number of fused-ring (bicyclic) bond motifs is 1. The molecular formula is C22H26N4O4. The number of amides is 1. The monoisotopic (exact) mass is 410 g/mol. The van der Waals surface area contributed by atoms with Crippen molar-refractivity contribution in [2.75, 3.05) is 11.9 Å². The molecule has 1 aliphatic carbocycles. The molecule has 158 valence electrons. The van der Waals surface area contributed by atoms with Gasteiger partial charge in [0, 0.05) is 36.7 Å². The maximum atomic E-state index is 12.7. The van der Waals surface area contributed by atoms with Crippen molar-refractivity contribution < 1.29 is 19.4 Å². The number of hydrogen-bond donors (Lipinski definition) is 2. The van der Waals surface area contributed by atoms with E-state index in [-0.39, 0.29) is 17.8 Å². The van der Waals surface area contributed by atoms with Gasteiger partial charge in [-0.05, 0) is 44.7 Å². The first-order valence-electron chi connectivity index (χ1n) is 10.3. The van der Waals surface area contributed by atoms with Crippen LogP contribution in [0.15, 0.2) is 36.5 Å². The standard InChI is InChI=1S/C22H26N4O4/c1-3-30-21-12-18-15(13-25(24-18)16-7-9-17(27)10-8-16)11-19(21)23-22(28)20-6-4-5-14(2)26(20)29/h4-6,11-13,16-17,27H,3,7-10H2,1-2H3,(H,23,28)/t16-,17+. The van der Waals surface area contributed by atoms with Crippen LogP contribution in [0.1, 0.15) is 54.8 Å². The summed E-state index contributed by atoms with van der Waals surface area (Å²) in [6.07, 6.45) is 5.06. The van der Waals surface area contributed by atoms with E-state index in [9.17, 15) is 15.1 Å². The number of rotatable bonds is 5. The molecule has 1 saturated carbocycles. The third-order valence-electron chi connectivity index (χ3n) is 5.58. The molecule has 1 aliphatic rings. The van der Waals surface area contributed by atoms with Crippen LogP contribution < -0.4 is 14.8 Å². The lowest BCUT2D eigenvalue weighted by atomic mass is 9.93. The summed E-state index contributed by atoms with van der Waals surface area (Å²) in [7, 11) is 0. The SMILES string of the molecule is CCOc1cc2nn([C@H]3CC[C@@H](O)CC3)cc2cc1NC(=O)c1cccc(C)[n+]1[O-]. The number of benzene rings is 1. The number of nitrogens with zero attached hydrogens (tertiary/aromatic N) is 3. The normalized spacial score (nSPS) is 19.0. The third-order valence-corrected chi connectivity index (χ3v) is 5.58. The number of aromatic nitrogens is 3. The van der Waals surface area contributed by atoms with Gasteiger partial charge in [0.25, 0.3) is 5.69 Å². The van der Waals surface area contributed by atoms with Gasteiger partial charge in [-0.3, -0.25) is 9.48 Å². The van der Waals surface area contributed by atoms with Gasteiger partial charge in [0.15, 0.2) is 5.69 Å². The number of aliphatic hydroxyl groups excluding tert-OH is 1. The Morgan fingerprint density at radius 2 is 2.10 bits per heavy atom. The number of nitrogens with one attached hydrogen (secondary N) is 1. The molecular weight excluding hydrogens is 384 g/mol. The Labute approximate surface area is 174 Å². The second kappa shape index (κ2) is 8.31. The van der Waals surface area contributed by atoms with Gasteiger partial charge in [-0.2, -0.15) is 9.83 Å². The third kappa shape index (κ3) is 3.95. The number of ether oxygens (including phenoxy) is 1. The van der Waals surface area contributed by atoms with E-state index >= 15 is 0 Å². The molecule has 0 spiro atoms. The number of hydrogen-bond acceptors (Lipinski definition) is 5. The molecule has 4 rings (SSSR count). The summed E-state index contributed by atoms with van der Waals surface area (Å²) in [4.78, 5) is 12.7. The minimum absolute atomic E-state index is 0.0222. The first-order valence-corrected chi connectivity index (χ1v) is 10.3. The smallest absolute Gasteiger partial charge is 0.321 e. The largest absolute Gasteiger partial charge is 0.618 e. The summed E-state index contributed by atoms with van der Waals surface area (Å²) in [5.41, 5.74) is 1.74. The molecule has 2 heterocycles. The van der Waals surface area contributed by atoms with Gasteiger partial charge in [-0.15, -0.1) is 0 Å². The highest BCUT2D eigenvalue weighted by molar-refractivity contribution is 6.04. The highest BCUT2D eigenvalue weighted by Gasteiger charge is 2.23. The van der Waals surface area contributed by atoms with Gasteiger partial charge < -0.3 is 20.4 Å². The zero-order valence-corrected chi connectivity index (χ0v) is 17.2. The summed E-state index contributed by atoms with van der Waals surface area (Å²) in [5, 5.41) is 30.4. The highest BCUT2D eigenvalue weighted by Crippen LogP contribution is 2.33. The molecule has 0 saturated heterocycles. The van der Waals surface area contributed by atoms with Crippen molar-refractivity contribution >= 4 is 22.5 Å². The minimum Gasteiger partial charge on any atom is -0.618 e. The number of anilines is 1. The first-order chi connectivity index (χ1) is 14.5. The maximum absolute atomic E-state index is 12.7. The second-order valence-corrected chi connectivity index (χ2v) is 7.71.